The molecule has 0 saturated carbocycles. The number of carbonyl (C=O) groups excluding carboxylic acids is 2. The van der Waals surface area contributed by atoms with Crippen molar-refractivity contribution >= 4 is 34.9 Å². The molecule has 4 nitrogen and oxygen atoms in total. The minimum atomic E-state index is -0.435. The van der Waals surface area contributed by atoms with E-state index in [1.54, 1.807) is 28.0 Å². The Morgan fingerprint density at radius 1 is 1.32 bits per heavy atom. The Hall–Kier alpha value is -1.79. The average Bonchev–Trinajstić information content (AvgIpc) is 3.25. The fourth-order valence-corrected chi connectivity index (χ4v) is 4.30. The molecule has 2 heterocycles. The number of hydrogen-bond acceptors (Lipinski definition) is 4. The zero-order chi connectivity index (χ0) is 17.8. The number of thiophene rings is 1. The summed E-state index contributed by atoms with van der Waals surface area (Å²) in [5.74, 6) is 0.725. The van der Waals surface area contributed by atoms with E-state index in [-0.39, 0.29) is 17.9 Å². The van der Waals surface area contributed by atoms with Gasteiger partial charge in [-0.2, -0.15) is 11.8 Å². The SMILES string of the molecule is CSCC[C@@H](C(=O)NC(C)c1cccs1)N1Cc2ccccc2C1=O. The molecule has 1 aromatic carbocycles. The first kappa shape index (κ1) is 18.0. The zero-order valence-corrected chi connectivity index (χ0v) is 16.0. The summed E-state index contributed by atoms with van der Waals surface area (Å²) in [5, 5.41) is 5.09. The average molecular weight is 375 g/mol. The predicted octanol–water partition coefficient (Wildman–Crippen LogP) is 3.70. The molecule has 25 heavy (non-hydrogen) atoms. The molecule has 1 aliphatic rings. The molecule has 0 fully saturated rings. The lowest BCUT2D eigenvalue weighted by Gasteiger charge is -2.28. The summed E-state index contributed by atoms with van der Waals surface area (Å²) in [5.41, 5.74) is 1.72. The van der Waals surface area contributed by atoms with E-state index in [0.29, 0.717) is 13.0 Å². The van der Waals surface area contributed by atoms with Gasteiger partial charge in [0.2, 0.25) is 5.91 Å². The van der Waals surface area contributed by atoms with Crippen molar-refractivity contribution in [1.82, 2.24) is 10.2 Å². The smallest absolute Gasteiger partial charge is 0.255 e. The molecule has 0 bridgehead atoms. The lowest BCUT2D eigenvalue weighted by Crippen LogP contribution is -2.47. The Labute approximate surface area is 156 Å². The standard InChI is InChI=1S/C19H22N2O2S2/c1-13(17-8-5-10-25-17)20-18(22)16(9-11-24-2)21-12-14-6-3-4-7-15(14)19(21)23/h3-8,10,13,16H,9,11-12H2,1-2H3,(H,20,22)/t13?,16-/m0/s1. The van der Waals surface area contributed by atoms with Crippen LogP contribution in [0.5, 0.6) is 0 Å². The van der Waals surface area contributed by atoms with Gasteiger partial charge in [-0.05, 0) is 48.4 Å². The summed E-state index contributed by atoms with van der Waals surface area (Å²) in [6, 6.07) is 11.1. The summed E-state index contributed by atoms with van der Waals surface area (Å²) in [6.45, 7) is 2.49. The van der Waals surface area contributed by atoms with Crippen molar-refractivity contribution in [2.45, 2.75) is 32.0 Å². The van der Waals surface area contributed by atoms with Gasteiger partial charge >= 0.3 is 0 Å². The van der Waals surface area contributed by atoms with Crippen molar-refractivity contribution < 1.29 is 9.59 Å². The Bertz CT molecular complexity index is 746. The number of rotatable bonds is 7. The summed E-state index contributed by atoms with van der Waals surface area (Å²) in [4.78, 5) is 28.5. The van der Waals surface area contributed by atoms with Crippen molar-refractivity contribution in [2.24, 2.45) is 0 Å². The first-order chi connectivity index (χ1) is 12.1. The van der Waals surface area contributed by atoms with Gasteiger partial charge in [0.25, 0.3) is 5.91 Å². The third kappa shape index (κ3) is 3.90. The van der Waals surface area contributed by atoms with E-state index in [4.69, 9.17) is 0 Å². The fraction of sp³-hybridized carbons (Fsp3) is 0.368. The summed E-state index contributed by atoms with van der Waals surface area (Å²) < 4.78 is 0. The lowest BCUT2D eigenvalue weighted by molar-refractivity contribution is -0.126. The van der Waals surface area contributed by atoms with Gasteiger partial charge in [0.1, 0.15) is 6.04 Å². The van der Waals surface area contributed by atoms with Crippen LogP contribution < -0.4 is 5.32 Å². The van der Waals surface area contributed by atoms with Gasteiger partial charge in [-0.1, -0.05) is 24.3 Å². The first-order valence-corrected chi connectivity index (χ1v) is 10.6. The number of amides is 2. The third-order valence-corrected chi connectivity index (χ3v) is 6.15. The zero-order valence-electron chi connectivity index (χ0n) is 14.4. The van der Waals surface area contributed by atoms with Crippen LogP contribution in [0.2, 0.25) is 0 Å². The molecule has 2 aromatic rings. The molecule has 3 rings (SSSR count). The molecule has 0 radical (unpaired) electrons. The topological polar surface area (TPSA) is 49.4 Å². The summed E-state index contributed by atoms with van der Waals surface area (Å²) >= 11 is 3.32. The number of benzene rings is 1. The van der Waals surface area contributed by atoms with Gasteiger partial charge in [0.15, 0.2) is 0 Å². The number of nitrogens with one attached hydrogen (secondary N) is 1. The van der Waals surface area contributed by atoms with E-state index < -0.39 is 6.04 Å². The lowest BCUT2D eigenvalue weighted by atomic mass is 10.1. The first-order valence-electron chi connectivity index (χ1n) is 8.33. The van der Waals surface area contributed by atoms with Crippen molar-refractivity contribution in [2.75, 3.05) is 12.0 Å². The largest absolute Gasteiger partial charge is 0.347 e. The molecule has 1 unspecified atom stereocenters. The van der Waals surface area contributed by atoms with E-state index >= 15 is 0 Å². The minimum absolute atomic E-state index is 0.0411. The van der Waals surface area contributed by atoms with E-state index in [9.17, 15) is 9.59 Å². The van der Waals surface area contributed by atoms with Crippen molar-refractivity contribution in [3.63, 3.8) is 0 Å². The molecule has 6 heteroatoms. The molecule has 2 amide bonds. The quantitative estimate of drug-likeness (QED) is 0.804. The molecular weight excluding hydrogens is 352 g/mol. The van der Waals surface area contributed by atoms with Crippen LogP contribution in [0.15, 0.2) is 41.8 Å². The minimum Gasteiger partial charge on any atom is -0.347 e. The van der Waals surface area contributed by atoms with Gasteiger partial charge in [-0.3, -0.25) is 9.59 Å². The molecule has 1 N–H and O–H groups in total. The Balaban J connectivity index is 1.76. The van der Waals surface area contributed by atoms with Gasteiger partial charge < -0.3 is 10.2 Å². The Morgan fingerprint density at radius 2 is 2.12 bits per heavy atom. The van der Waals surface area contributed by atoms with Crippen molar-refractivity contribution in [1.29, 1.82) is 0 Å². The van der Waals surface area contributed by atoms with Crippen LogP contribution in [-0.4, -0.2) is 34.8 Å². The molecular formula is C19H22N2O2S2. The van der Waals surface area contributed by atoms with Crippen molar-refractivity contribution in [3.05, 3.63) is 57.8 Å². The Kier molecular flexibility index (Phi) is 5.81. The highest BCUT2D eigenvalue weighted by Gasteiger charge is 2.36. The highest BCUT2D eigenvalue weighted by Crippen LogP contribution is 2.27. The van der Waals surface area contributed by atoms with Crippen molar-refractivity contribution in [3.8, 4) is 0 Å². The molecule has 0 aliphatic carbocycles. The monoisotopic (exact) mass is 374 g/mol. The van der Waals surface area contributed by atoms with E-state index in [1.165, 1.54) is 0 Å². The Morgan fingerprint density at radius 3 is 2.80 bits per heavy atom. The van der Waals surface area contributed by atoms with Crippen LogP contribution in [0.3, 0.4) is 0 Å². The normalized spacial score (nSPS) is 15.8. The van der Waals surface area contributed by atoms with E-state index in [1.807, 2.05) is 55.0 Å². The van der Waals surface area contributed by atoms with Crippen LogP contribution in [0.1, 0.15) is 40.2 Å². The maximum Gasteiger partial charge on any atom is 0.255 e. The second-order valence-electron chi connectivity index (χ2n) is 6.13. The highest BCUT2D eigenvalue weighted by molar-refractivity contribution is 7.98. The third-order valence-electron chi connectivity index (χ3n) is 4.45. The number of fused-ring (bicyclic) bond motifs is 1. The second-order valence-corrected chi connectivity index (χ2v) is 8.10. The van der Waals surface area contributed by atoms with Gasteiger partial charge in [-0.25, -0.2) is 0 Å². The van der Waals surface area contributed by atoms with Gasteiger partial charge in [0.05, 0.1) is 6.04 Å². The van der Waals surface area contributed by atoms with Gasteiger partial charge in [-0.15, -0.1) is 11.3 Å². The van der Waals surface area contributed by atoms with Gasteiger partial charge in [0, 0.05) is 17.0 Å². The van der Waals surface area contributed by atoms with Crippen LogP contribution >= 0.6 is 23.1 Å². The number of thioether (sulfide) groups is 1. The predicted molar refractivity (Wildman–Crippen MR) is 104 cm³/mol. The molecule has 1 aromatic heterocycles. The molecule has 132 valence electrons. The maximum absolute atomic E-state index is 12.9. The van der Waals surface area contributed by atoms with E-state index in [0.717, 1.165) is 21.8 Å². The molecule has 1 aliphatic heterocycles. The number of carbonyl (C=O) groups is 2. The highest BCUT2D eigenvalue weighted by atomic mass is 32.2. The summed E-state index contributed by atoms with van der Waals surface area (Å²) in [7, 11) is 0. The number of nitrogens with zero attached hydrogens (tertiary/aromatic N) is 1. The van der Waals surface area contributed by atoms with Crippen LogP contribution in [0.25, 0.3) is 0 Å². The van der Waals surface area contributed by atoms with Crippen LogP contribution in [0.4, 0.5) is 0 Å². The summed E-state index contributed by atoms with van der Waals surface area (Å²) in [6.07, 6.45) is 2.67. The second kappa shape index (κ2) is 8.06. The van der Waals surface area contributed by atoms with Crippen LogP contribution in [0, 0.1) is 0 Å². The number of hydrogen-bond donors (Lipinski definition) is 1. The fourth-order valence-electron chi connectivity index (χ4n) is 3.10. The molecule has 0 saturated heterocycles. The maximum atomic E-state index is 12.9. The molecule has 2 atom stereocenters. The molecule has 0 spiro atoms. The van der Waals surface area contributed by atoms with E-state index in [2.05, 4.69) is 5.32 Å². The van der Waals surface area contributed by atoms with Crippen LogP contribution in [-0.2, 0) is 11.3 Å².